The van der Waals surface area contributed by atoms with E-state index in [0.29, 0.717) is 0 Å². The van der Waals surface area contributed by atoms with Crippen LogP contribution in [0.1, 0.15) is 27.7 Å². The topological polar surface area (TPSA) is 12.5 Å². The molecule has 0 saturated carbocycles. The van der Waals surface area contributed by atoms with Gasteiger partial charge in [-0.25, -0.2) is 5.06 Å². The molecule has 6 aromatic carbocycles. The number of hydrogen-bond acceptors (Lipinski definition) is 2. The quantitative estimate of drug-likeness (QED) is 0.227. The Morgan fingerprint density at radius 3 is 1.47 bits per heavy atom. The molecular weight excluding hydrogens is 462 g/mol. The van der Waals surface area contributed by atoms with Gasteiger partial charge >= 0.3 is 0 Å². The summed E-state index contributed by atoms with van der Waals surface area (Å²) in [6, 6.07) is 41.9. The largest absolute Gasteiger partial charge is 0.264 e. The minimum absolute atomic E-state index is 0.0779. The standard InChI is InChI=1S/C36H31NO/c1-35(2)36(3,4)38-37(35)28-14-10-13-26(22-28)24-11-9-12-25(21-24)27-19-20-33-31-17-6-5-15-29(31)30-16-7-8-18-32(30)34(33)23-27/h5-23H,1-4H3. The van der Waals surface area contributed by atoms with Crippen molar-refractivity contribution in [3.8, 4) is 22.3 Å². The van der Waals surface area contributed by atoms with Gasteiger partial charge in [-0.2, -0.15) is 0 Å². The monoisotopic (exact) mass is 493 g/mol. The van der Waals surface area contributed by atoms with E-state index in [9.17, 15) is 0 Å². The summed E-state index contributed by atoms with van der Waals surface area (Å²) < 4.78 is 0. The van der Waals surface area contributed by atoms with Gasteiger partial charge in [-0.15, -0.1) is 0 Å². The van der Waals surface area contributed by atoms with Crippen LogP contribution >= 0.6 is 0 Å². The van der Waals surface area contributed by atoms with Crippen LogP contribution in [0.15, 0.2) is 115 Å². The highest BCUT2D eigenvalue weighted by Crippen LogP contribution is 2.46. The average Bonchev–Trinajstić information content (AvgIpc) is 2.96. The van der Waals surface area contributed by atoms with Crippen molar-refractivity contribution in [1.82, 2.24) is 0 Å². The van der Waals surface area contributed by atoms with Gasteiger partial charge in [0.25, 0.3) is 0 Å². The molecule has 1 saturated heterocycles. The van der Waals surface area contributed by atoms with Crippen molar-refractivity contribution in [3.63, 3.8) is 0 Å². The summed E-state index contributed by atoms with van der Waals surface area (Å²) in [7, 11) is 0. The highest BCUT2D eigenvalue weighted by molar-refractivity contribution is 6.25. The third-order valence-electron chi connectivity index (χ3n) is 8.65. The van der Waals surface area contributed by atoms with Gasteiger partial charge in [0.05, 0.1) is 11.2 Å². The molecule has 1 heterocycles. The van der Waals surface area contributed by atoms with Gasteiger partial charge in [-0.1, -0.05) is 91.0 Å². The number of benzene rings is 6. The van der Waals surface area contributed by atoms with Crippen LogP contribution in [0.25, 0.3) is 54.6 Å². The lowest BCUT2D eigenvalue weighted by Gasteiger charge is -2.60. The second kappa shape index (κ2) is 8.18. The second-order valence-corrected chi connectivity index (χ2v) is 11.4. The maximum atomic E-state index is 6.15. The zero-order chi connectivity index (χ0) is 26.1. The molecule has 7 rings (SSSR count). The van der Waals surface area contributed by atoms with Crippen LogP contribution in [0, 0.1) is 0 Å². The summed E-state index contributed by atoms with van der Waals surface area (Å²) in [4.78, 5) is 6.15. The van der Waals surface area contributed by atoms with Gasteiger partial charge in [0.1, 0.15) is 5.60 Å². The Balaban J connectivity index is 1.32. The first-order chi connectivity index (χ1) is 18.3. The Hall–Kier alpha value is -4.14. The number of anilines is 1. The minimum Gasteiger partial charge on any atom is -0.264 e. The highest BCUT2D eigenvalue weighted by Gasteiger charge is 2.55. The number of fused-ring (bicyclic) bond motifs is 6. The predicted molar refractivity (Wildman–Crippen MR) is 162 cm³/mol. The van der Waals surface area contributed by atoms with Crippen molar-refractivity contribution >= 4 is 38.0 Å². The number of nitrogens with zero attached hydrogens (tertiary/aromatic N) is 1. The maximum absolute atomic E-state index is 6.15. The number of hydroxylamine groups is 1. The van der Waals surface area contributed by atoms with E-state index in [1.165, 1.54) is 54.6 Å². The fourth-order valence-electron chi connectivity index (χ4n) is 5.81. The summed E-state index contributed by atoms with van der Waals surface area (Å²) in [5.74, 6) is 0. The summed E-state index contributed by atoms with van der Waals surface area (Å²) in [5.41, 5.74) is 5.65. The van der Waals surface area contributed by atoms with E-state index in [1.807, 2.05) is 5.06 Å². The SMILES string of the molecule is CC1(C)ON(c2cccc(-c3cccc(-c4ccc5c6ccccc6c6ccccc6c5c4)c3)c2)C1(C)C. The third-order valence-corrected chi connectivity index (χ3v) is 8.65. The number of rotatable bonds is 3. The van der Waals surface area contributed by atoms with Crippen molar-refractivity contribution in [3.05, 3.63) is 115 Å². The highest BCUT2D eigenvalue weighted by atomic mass is 16.7. The lowest BCUT2D eigenvalue weighted by Crippen LogP contribution is -2.72. The van der Waals surface area contributed by atoms with Crippen LogP contribution in [0.3, 0.4) is 0 Å². The van der Waals surface area contributed by atoms with E-state index in [4.69, 9.17) is 4.84 Å². The van der Waals surface area contributed by atoms with Gasteiger partial charge in [-0.05, 0) is 107 Å². The normalized spacial score (nSPS) is 16.2. The minimum atomic E-state index is -0.186. The first-order valence-electron chi connectivity index (χ1n) is 13.4. The molecule has 0 unspecified atom stereocenters. The predicted octanol–water partition coefficient (Wildman–Crippen LogP) is 9.79. The molecule has 0 amide bonds. The molecule has 6 aromatic rings. The van der Waals surface area contributed by atoms with Gasteiger partial charge in [0.15, 0.2) is 0 Å². The maximum Gasteiger partial charge on any atom is 0.116 e. The second-order valence-electron chi connectivity index (χ2n) is 11.4. The van der Waals surface area contributed by atoms with Crippen LogP contribution in [-0.2, 0) is 4.84 Å². The third kappa shape index (κ3) is 3.37. The molecule has 0 bridgehead atoms. The van der Waals surface area contributed by atoms with Crippen molar-refractivity contribution in [2.75, 3.05) is 5.06 Å². The molecule has 1 aliphatic heterocycles. The van der Waals surface area contributed by atoms with Crippen molar-refractivity contribution in [2.45, 2.75) is 38.8 Å². The van der Waals surface area contributed by atoms with Crippen molar-refractivity contribution in [1.29, 1.82) is 0 Å². The summed E-state index contributed by atoms with van der Waals surface area (Å²) in [6.07, 6.45) is 0. The van der Waals surface area contributed by atoms with Crippen LogP contribution in [0.5, 0.6) is 0 Å². The zero-order valence-electron chi connectivity index (χ0n) is 22.3. The number of hydrogen-bond donors (Lipinski definition) is 0. The van der Waals surface area contributed by atoms with Crippen LogP contribution < -0.4 is 5.06 Å². The smallest absolute Gasteiger partial charge is 0.116 e. The first kappa shape index (κ1) is 23.0. The van der Waals surface area contributed by atoms with Crippen molar-refractivity contribution < 1.29 is 4.84 Å². The molecule has 0 spiro atoms. The molecule has 2 nitrogen and oxygen atoms in total. The fraction of sp³-hybridized carbons (Fsp3) is 0.167. The molecular formula is C36H31NO. The molecule has 2 heteroatoms. The molecule has 0 radical (unpaired) electrons. The molecule has 0 aliphatic carbocycles. The zero-order valence-corrected chi connectivity index (χ0v) is 22.3. The lowest BCUT2D eigenvalue weighted by molar-refractivity contribution is -0.208. The Morgan fingerprint density at radius 2 is 0.921 bits per heavy atom. The van der Waals surface area contributed by atoms with Crippen LogP contribution in [0.4, 0.5) is 5.69 Å². The summed E-state index contributed by atoms with van der Waals surface area (Å²) >= 11 is 0. The van der Waals surface area contributed by atoms with E-state index in [0.717, 1.165) is 5.69 Å². The van der Waals surface area contributed by atoms with E-state index >= 15 is 0 Å². The van der Waals surface area contributed by atoms with E-state index in [2.05, 4.69) is 143 Å². The Kier molecular flexibility index (Phi) is 4.95. The molecule has 1 aliphatic rings. The first-order valence-corrected chi connectivity index (χ1v) is 13.4. The summed E-state index contributed by atoms with van der Waals surface area (Å²) in [5, 5.41) is 9.85. The Bertz CT molecular complexity index is 1830. The average molecular weight is 494 g/mol. The molecule has 1 fully saturated rings. The van der Waals surface area contributed by atoms with Crippen LogP contribution in [-0.4, -0.2) is 11.1 Å². The van der Waals surface area contributed by atoms with Gasteiger partial charge < -0.3 is 0 Å². The molecule has 0 atom stereocenters. The molecule has 186 valence electrons. The molecule has 0 N–H and O–H groups in total. The molecule has 0 aromatic heterocycles. The van der Waals surface area contributed by atoms with E-state index in [-0.39, 0.29) is 11.1 Å². The van der Waals surface area contributed by atoms with Gasteiger partial charge in [-0.3, -0.25) is 4.84 Å². The van der Waals surface area contributed by atoms with Gasteiger partial charge in [0, 0.05) is 0 Å². The lowest BCUT2D eigenvalue weighted by atomic mass is 9.81. The van der Waals surface area contributed by atoms with Gasteiger partial charge in [0.2, 0.25) is 0 Å². The Labute approximate surface area is 224 Å². The van der Waals surface area contributed by atoms with E-state index < -0.39 is 0 Å². The fourth-order valence-corrected chi connectivity index (χ4v) is 5.81. The van der Waals surface area contributed by atoms with E-state index in [1.54, 1.807) is 0 Å². The van der Waals surface area contributed by atoms with Crippen LogP contribution in [0.2, 0.25) is 0 Å². The Morgan fingerprint density at radius 1 is 0.447 bits per heavy atom. The molecule has 38 heavy (non-hydrogen) atoms. The van der Waals surface area contributed by atoms with Crippen molar-refractivity contribution in [2.24, 2.45) is 0 Å². The summed E-state index contributed by atoms with van der Waals surface area (Å²) in [6.45, 7) is 8.76.